The molecule has 2 rings (SSSR count). The predicted octanol–water partition coefficient (Wildman–Crippen LogP) is 2.03. The minimum Gasteiger partial charge on any atom is -0.471 e. The topological polar surface area (TPSA) is 74.4 Å². The summed E-state index contributed by atoms with van der Waals surface area (Å²) < 4.78 is 10.1. The minimum absolute atomic E-state index is 0.185. The first-order valence-electron chi connectivity index (χ1n) is 5.72. The van der Waals surface area contributed by atoms with Crippen LogP contribution in [0.3, 0.4) is 0 Å². The Morgan fingerprint density at radius 1 is 1.26 bits per heavy atom. The van der Waals surface area contributed by atoms with Crippen LogP contribution < -0.4 is 10.5 Å². The van der Waals surface area contributed by atoms with Crippen LogP contribution in [0.4, 0.5) is 5.69 Å². The van der Waals surface area contributed by atoms with E-state index in [2.05, 4.69) is 9.72 Å². The Hall–Kier alpha value is -2.56. The third-order valence-corrected chi connectivity index (χ3v) is 2.58. The zero-order chi connectivity index (χ0) is 13.7. The second-order valence-electron chi connectivity index (χ2n) is 3.84. The van der Waals surface area contributed by atoms with Crippen LogP contribution in [-0.4, -0.2) is 18.1 Å². The predicted molar refractivity (Wildman–Crippen MR) is 70.8 cm³/mol. The minimum atomic E-state index is -0.510. The average Bonchev–Trinajstić information content (AvgIpc) is 2.46. The van der Waals surface area contributed by atoms with Crippen LogP contribution >= 0.6 is 0 Å². The van der Waals surface area contributed by atoms with Crippen molar-refractivity contribution in [3.8, 4) is 5.88 Å². The highest BCUT2D eigenvalue weighted by molar-refractivity contribution is 5.95. The average molecular weight is 258 g/mol. The number of carbonyl (C=O) groups excluding carboxylic acids is 1. The molecule has 0 saturated heterocycles. The number of pyridine rings is 1. The number of aromatic nitrogens is 1. The van der Waals surface area contributed by atoms with Crippen molar-refractivity contribution in [2.75, 3.05) is 12.8 Å². The number of methoxy groups -OCH3 is 1. The first-order chi connectivity index (χ1) is 9.22. The van der Waals surface area contributed by atoms with Crippen LogP contribution in [0.5, 0.6) is 5.88 Å². The number of nitrogens with zero attached hydrogens (tertiary/aromatic N) is 1. The second kappa shape index (κ2) is 5.86. The molecule has 0 saturated carbocycles. The van der Waals surface area contributed by atoms with Gasteiger partial charge in [-0.05, 0) is 11.6 Å². The lowest BCUT2D eigenvalue weighted by molar-refractivity contribution is 0.0601. The summed E-state index contributed by atoms with van der Waals surface area (Å²) in [6, 6.07) is 11.1. The monoisotopic (exact) mass is 258 g/mol. The molecule has 0 atom stereocenters. The van der Waals surface area contributed by atoms with Gasteiger partial charge < -0.3 is 15.2 Å². The van der Waals surface area contributed by atoms with Crippen molar-refractivity contribution in [2.45, 2.75) is 6.61 Å². The van der Waals surface area contributed by atoms with Gasteiger partial charge in [-0.15, -0.1) is 0 Å². The maximum absolute atomic E-state index is 11.5. The van der Waals surface area contributed by atoms with Gasteiger partial charge in [0, 0.05) is 6.20 Å². The SMILES string of the molecule is COC(=O)c1ccnc(OCc2ccccc2)c1N. The van der Waals surface area contributed by atoms with E-state index in [0.717, 1.165) is 5.56 Å². The summed E-state index contributed by atoms with van der Waals surface area (Å²) in [6.07, 6.45) is 1.46. The number of esters is 1. The van der Waals surface area contributed by atoms with Gasteiger partial charge in [0.15, 0.2) is 0 Å². The number of hydrogen-bond acceptors (Lipinski definition) is 5. The van der Waals surface area contributed by atoms with Gasteiger partial charge >= 0.3 is 5.97 Å². The van der Waals surface area contributed by atoms with Crippen molar-refractivity contribution in [1.29, 1.82) is 0 Å². The fourth-order valence-corrected chi connectivity index (χ4v) is 1.58. The van der Waals surface area contributed by atoms with E-state index in [1.807, 2.05) is 30.3 Å². The smallest absolute Gasteiger partial charge is 0.340 e. The van der Waals surface area contributed by atoms with Crippen molar-refractivity contribution in [3.05, 3.63) is 53.7 Å². The van der Waals surface area contributed by atoms with E-state index in [-0.39, 0.29) is 17.1 Å². The van der Waals surface area contributed by atoms with Crippen LogP contribution in [-0.2, 0) is 11.3 Å². The summed E-state index contributed by atoms with van der Waals surface area (Å²) in [6.45, 7) is 0.336. The lowest BCUT2D eigenvalue weighted by atomic mass is 10.2. The Morgan fingerprint density at radius 2 is 2.00 bits per heavy atom. The van der Waals surface area contributed by atoms with Gasteiger partial charge in [0.2, 0.25) is 5.88 Å². The van der Waals surface area contributed by atoms with Gasteiger partial charge in [-0.3, -0.25) is 0 Å². The number of nitrogens with two attached hydrogens (primary N) is 1. The van der Waals surface area contributed by atoms with Crippen LogP contribution in [0.2, 0.25) is 0 Å². The van der Waals surface area contributed by atoms with E-state index < -0.39 is 5.97 Å². The van der Waals surface area contributed by atoms with Crippen LogP contribution in [0.1, 0.15) is 15.9 Å². The summed E-state index contributed by atoms with van der Waals surface area (Å²) in [5.74, 6) is -0.281. The van der Waals surface area contributed by atoms with Crippen LogP contribution in [0.15, 0.2) is 42.6 Å². The second-order valence-corrected chi connectivity index (χ2v) is 3.84. The van der Waals surface area contributed by atoms with Crippen molar-refractivity contribution in [2.24, 2.45) is 0 Å². The normalized spacial score (nSPS) is 9.95. The quantitative estimate of drug-likeness (QED) is 0.849. The molecule has 0 bridgehead atoms. The van der Waals surface area contributed by atoms with E-state index in [1.165, 1.54) is 19.4 Å². The van der Waals surface area contributed by atoms with E-state index >= 15 is 0 Å². The molecule has 1 aromatic heterocycles. The molecule has 2 aromatic rings. The highest BCUT2D eigenvalue weighted by Crippen LogP contribution is 2.23. The molecule has 5 heteroatoms. The third-order valence-electron chi connectivity index (χ3n) is 2.58. The number of anilines is 1. The molecule has 0 aliphatic rings. The molecule has 0 unspecified atom stereocenters. The lowest BCUT2D eigenvalue weighted by Crippen LogP contribution is -2.08. The number of ether oxygens (including phenoxy) is 2. The number of benzene rings is 1. The zero-order valence-electron chi connectivity index (χ0n) is 10.5. The molecule has 0 radical (unpaired) electrons. The number of rotatable bonds is 4. The van der Waals surface area contributed by atoms with Gasteiger partial charge in [0.25, 0.3) is 0 Å². The fourth-order valence-electron chi connectivity index (χ4n) is 1.58. The van der Waals surface area contributed by atoms with Crippen LogP contribution in [0.25, 0.3) is 0 Å². The standard InChI is InChI=1S/C14H14N2O3/c1-18-14(17)11-7-8-16-13(12(11)15)19-9-10-5-3-2-4-6-10/h2-8H,9,15H2,1H3. The van der Waals surface area contributed by atoms with Crippen molar-refractivity contribution >= 4 is 11.7 Å². The van der Waals surface area contributed by atoms with E-state index in [0.29, 0.717) is 6.61 Å². The van der Waals surface area contributed by atoms with Gasteiger partial charge in [0.05, 0.1) is 12.7 Å². The highest BCUT2D eigenvalue weighted by atomic mass is 16.5. The molecule has 19 heavy (non-hydrogen) atoms. The molecular weight excluding hydrogens is 244 g/mol. The van der Waals surface area contributed by atoms with Gasteiger partial charge in [-0.25, -0.2) is 9.78 Å². The molecular formula is C14H14N2O3. The number of hydrogen-bond donors (Lipinski definition) is 1. The first kappa shape index (κ1) is 12.9. The van der Waals surface area contributed by atoms with E-state index in [1.54, 1.807) is 0 Å². The number of carbonyl (C=O) groups is 1. The third kappa shape index (κ3) is 3.01. The summed E-state index contributed by atoms with van der Waals surface area (Å²) in [5.41, 5.74) is 7.26. The Balaban J connectivity index is 2.15. The Morgan fingerprint density at radius 3 is 2.68 bits per heavy atom. The highest BCUT2D eigenvalue weighted by Gasteiger charge is 2.14. The molecule has 0 aliphatic heterocycles. The largest absolute Gasteiger partial charge is 0.471 e. The Bertz CT molecular complexity index is 570. The molecule has 2 N–H and O–H groups in total. The van der Waals surface area contributed by atoms with E-state index in [9.17, 15) is 4.79 Å². The molecule has 5 nitrogen and oxygen atoms in total. The molecule has 0 spiro atoms. The van der Waals surface area contributed by atoms with Crippen LogP contribution in [0, 0.1) is 0 Å². The molecule has 0 fully saturated rings. The fraction of sp³-hybridized carbons (Fsp3) is 0.143. The zero-order valence-corrected chi connectivity index (χ0v) is 10.5. The van der Waals surface area contributed by atoms with Gasteiger partial charge in [0.1, 0.15) is 12.3 Å². The molecule has 1 heterocycles. The number of nitrogen functional groups attached to an aromatic ring is 1. The van der Waals surface area contributed by atoms with Crippen molar-refractivity contribution in [1.82, 2.24) is 4.98 Å². The summed E-state index contributed by atoms with van der Waals surface area (Å²) >= 11 is 0. The van der Waals surface area contributed by atoms with Gasteiger partial charge in [-0.2, -0.15) is 0 Å². The Labute approximate surface area is 111 Å². The Kier molecular flexibility index (Phi) is 3.97. The molecule has 98 valence electrons. The summed E-state index contributed by atoms with van der Waals surface area (Å²) in [7, 11) is 1.30. The van der Waals surface area contributed by atoms with Crippen molar-refractivity contribution < 1.29 is 14.3 Å². The molecule has 1 aromatic carbocycles. The first-order valence-corrected chi connectivity index (χ1v) is 5.72. The van der Waals surface area contributed by atoms with Crippen molar-refractivity contribution in [3.63, 3.8) is 0 Å². The maximum Gasteiger partial charge on any atom is 0.340 e. The lowest BCUT2D eigenvalue weighted by Gasteiger charge is -2.10. The molecule has 0 aliphatic carbocycles. The molecule has 0 amide bonds. The maximum atomic E-state index is 11.5. The van der Waals surface area contributed by atoms with Gasteiger partial charge in [-0.1, -0.05) is 30.3 Å². The summed E-state index contributed by atoms with van der Waals surface area (Å²) in [5, 5.41) is 0. The van der Waals surface area contributed by atoms with E-state index in [4.69, 9.17) is 10.5 Å². The summed E-state index contributed by atoms with van der Waals surface area (Å²) in [4.78, 5) is 15.5.